The molecule has 7 nitrogen and oxygen atoms in total. The Morgan fingerprint density at radius 1 is 1.00 bits per heavy atom. The van der Waals surface area contributed by atoms with Gasteiger partial charge in [-0.15, -0.1) is 0 Å². The van der Waals surface area contributed by atoms with E-state index in [9.17, 15) is 9.59 Å². The van der Waals surface area contributed by atoms with Crippen LogP contribution in [0.2, 0.25) is 0 Å². The molecule has 2 amide bonds. The molecule has 1 aromatic heterocycles. The fraction of sp³-hybridized carbons (Fsp3) is 0.150. The van der Waals surface area contributed by atoms with Crippen molar-refractivity contribution in [1.29, 1.82) is 0 Å². The molecule has 0 atom stereocenters. The number of esters is 1. The number of ether oxygens (including phenoxy) is 1. The summed E-state index contributed by atoms with van der Waals surface area (Å²) in [5.74, 6) is 0.181. The second-order valence-electron chi connectivity index (χ2n) is 5.71. The molecule has 27 heavy (non-hydrogen) atoms. The normalized spacial score (nSPS) is 10.2. The average molecular weight is 365 g/mol. The third-order valence-electron chi connectivity index (χ3n) is 3.64. The van der Waals surface area contributed by atoms with E-state index in [2.05, 4.69) is 15.8 Å². The molecule has 0 radical (unpaired) electrons. The summed E-state index contributed by atoms with van der Waals surface area (Å²) in [6.07, 6.45) is 0.0611. The number of benzene rings is 2. The lowest BCUT2D eigenvalue weighted by atomic mass is 10.2. The van der Waals surface area contributed by atoms with E-state index in [1.165, 1.54) is 0 Å². The van der Waals surface area contributed by atoms with Crippen molar-refractivity contribution in [3.63, 3.8) is 0 Å². The van der Waals surface area contributed by atoms with Crippen LogP contribution < -0.4 is 10.6 Å². The maximum atomic E-state index is 11.8. The van der Waals surface area contributed by atoms with Gasteiger partial charge in [0.1, 0.15) is 12.3 Å². The van der Waals surface area contributed by atoms with E-state index in [1.807, 2.05) is 48.5 Å². The molecule has 0 fully saturated rings. The maximum absolute atomic E-state index is 11.8. The van der Waals surface area contributed by atoms with Crippen molar-refractivity contribution in [3.8, 4) is 11.3 Å². The zero-order valence-electron chi connectivity index (χ0n) is 14.6. The number of aromatic nitrogens is 1. The molecule has 0 aliphatic rings. The number of amides is 2. The van der Waals surface area contributed by atoms with Gasteiger partial charge in [0.15, 0.2) is 5.76 Å². The summed E-state index contributed by atoms with van der Waals surface area (Å²) in [7, 11) is 0. The van der Waals surface area contributed by atoms with Crippen molar-refractivity contribution in [1.82, 2.24) is 10.5 Å². The summed E-state index contributed by atoms with van der Waals surface area (Å²) in [5.41, 5.74) is 2.10. The third kappa shape index (κ3) is 5.71. The average Bonchev–Trinajstić information content (AvgIpc) is 3.17. The second kappa shape index (κ2) is 9.19. The van der Waals surface area contributed by atoms with Gasteiger partial charge in [-0.2, -0.15) is 0 Å². The summed E-state index contributed by atoms with van der Waals surface area (Å²) in [4.78, 5) is 23.5. The lowest BCUT2D eigenvalue weighted by Crippen LogP contribution is -2.30. The molecule has 0 aliphatic heterocycles. The van der Waals surface area contributed by atoms with Crippen molar-refractivity contribution < 1.29 is 18.8 Å². The minimum Gasteiger partial charge on any atom is -0.459 e. The highest BCUT2D eigenvalue weighted by Gasteiger charge is 2.10. The summed E-state index contributed by atoms with van der Waals surface area (Å²) < 4.78 is 10.4. The van der Waals surface area contributed by atoms with Crippen LogP contribution in [0.25, 0.3) is 11.3 Å². The molecule has 3 aromatic rings. The van der Waals surface area contributed by atoms with Crippen LogP contribution >= 0.6 is 0 Å². The zero-order chi connectivity index (χ0) is 18.9. The highest BCUT2D eigenvalue weighted by molar-refractivity contribution is 5.89. The Morgan fingerprint density at radius 2 is 1.70 bits per heavy atom. The second-order valence-corrected chi connectivity index (χ2v) is 5.71. The number of hydrogen-bond acceptors (Lipinski definition) is 5. The highest BCUT2D eigenvalue weighted by atomic mass is 16.5. The fourth-order valence-electron chi connectivity index (χ4n) is 2.32. The van der Waals surface area contributed by atoms with Crippen LogP contribution in [0.3, 0.4) is 0 Å². The fourth-order valence-corrected chi connectivity index (χ4v) is 2.32. The van der Waals surface area contributed by atoms with Crippen LogP contribution in [0.4, 0.5) is 10.5 Å². The molecule has 0 aliphatic carbocycles. The van der Waals surface area contributed by atoms with Gasteiger partial charge in [0.2, 0.25) is 0 Å². The van der Waals surface area contributed by atoms with Crippen LogP contribution in [0.1, 0.15) is 12.1 Å². The van der Waals surface area contributed by atoms with Crippen molar-refractivity contribution in [2.75, 3.05) is 11.9 Å². The SMILES string of the molecule is O=C(NCCC(=O)OCc1cc(-c2ccccc2)on1)Nc1ccccc1. The number of nitrogens with one attached hydrogen (secondary N) is 2. The third-order valence-corrected chi connectivity index (χ3v) is 3.64. The predicted octanol–water partition coefficient (Wildman–Crippen LogP) is 3.60. The van der Waals surface area contributed by atoms with E-state index in [4.69, 9.17) is 9.26 Å². The molecule has 3 rings (SSSR count). The molecule has 138 valence electrons. The summed E-state index contributed by atoms with van der Waals surface area (Å²) in [5, 5.41) is 9.16. The van der Waals surface area contributed by atoms with Gasteiger partial charge in [0, 0.05) is 23.9 Å². The van der Waals surface area contributed by atoms with Crippen LogP contribution in [-0.4, -0.2) is 23.7 Å². The molecular formula is C20H19N3O4. The lowest BCUT2D eigenvalue weighted by Gasteiger charge is -2.07. The molecule has 2 N–H and O–H groups in total. The molecule has 0 unspecified atom stereocenters. The molecule has 0 spiro atoms. The lowest BCUT2D eigenvalue weighted by molar-refractivity contribution is -0.144. The van der Waals surface area contributed by atoms with E-state index >= 15 is 0 Å². The first-order valence-corrected chi connectivity index (χ1v) is 8.47. The van der Waals surface area contributed by atoms with E-state index in [0.717, 1.165) is 5.56 Å². The standard InChI is InChI=1S/C20H19N3O4/c24-19(11-12-21-20(25)22-16-9-5-2-6-10-16)26-14-17-13-18(27-23-17)15-7-3-1-4-8-15/h1-10,13H,11-12,14H2,(H2,21,22,25). The molecule has 2 aromatic carbocycles. The number of carbonyl (C=O) groups is 2. The summed E-state index contributed by atoms with van der Waals surface area (Å²) >= 11 is 0. The monoisotopic (exact) mass is 365 g/mol. The molecule has 0 saturated carbocycles. The van der Waals surface area contributed by atoms with Gasteiger partial charge >= 0.3 is 12.0 Å². The van der Waals surface area contributed by atoms with Gasteiger partial charge < -0.3 is 19.9 Å². The Morgan fingerprint density at radius 3 is 2.44 bits per heavy atom. The zero-order valence-corrected chi connectivity index (χ0v) is 14.6. The summed E-state index contributed by atoms with van der Waals surface area (Å²) in [6, 6.07) is 19.9. The van der Waals surface area contributed by atoms with Crippen LogP contribution in [0.15, 0.2) is 71.3 Å². The van der Waals surface area contributed by atoms with Crippen LogP contribution in [0.5, 0.6) is 0 Å². The van der Waals surface area contributed by atoms with E-state index in [-0.39, 0.29) is 25.6 Å². The highest BCUT2D eigenvalue weighted by Crippen LogP contribution is 2.20. The van der Waals surface area contributed by atoms with Crippen molar-refractivity contribution in [2.24, 2.45) is 0 Å². The van der Waals surface area contributed by atoms with Gasteiger partial charge in [-0.05, 0) is 12.1 Å². The van der Waals surface area contributed by atoms with Gasteiger partial charge in [-0.1, -0.05) is 53.7 Å². The summed E-state index contributed by atoms with van der Waals surface area (Å²) in [6.45, 7) is 0.191. The van der Waals surface area contributed by atoms with Gasteiger partial charge in [-0.3, -0.25) is 4.79 Å². The number of anilines is 1. The predicted molar refractivity (Wildman–Crippen MR) is 99.8 cm³/mol. The first-order valence-electron chi connectivity index (χ1n) is 8.47. The molecule has 0 saturated heterocycles. The van der Waals surface area contributed by atoms with E-state index in [1.54, 1.807) is 18.2 Å². The molecular weight excluding hydrogens is 346 g/mol. The minimum absolute atomic E-state index is 0.0192. The van der Waals surface area contributed by atoms with Crippen molar-refractivity contribution in [3.05, 3.63) is 72.4 Å². The topological polar surface area (TPSA) is 93.5 Å². The molecule has 1 heterocycles. The maximum Gasteiger partial charge on any atom is 0.319 e. The molecule has 0 bridgehead atoms. The largest absolute Gasteiger partial charge is 0.459 e. The number of carbonyl (C=O) groups excluding carboxylic acids is 2. The number of rotatable bonds is 7. The van der Waals surface area contributed by atoms with Crippen molar-refractivity contribution in [2.45, 2.75) is 13.0 Å². The Hall–Kier alpha value is -3.61. The number of hydrogen-bond donors (Lipinski definition) is 2. The quantitative estimate of drug-likeness (QED) is 0.624. The van der Waals surface area contributed by atoms with Gasteiger partial charge in [0.25, 0.3) is 0 Å². The van der Waals surface area contributed by atoms with E-state index < -0.39 is 5.97 Å². The van der Waals surface area contributed by atoms with Gasteiger partial charge in [-0.25, -0.2) is 4.79 Å². The van der Waals surface area contributed by atoms with Crippen LogP contribution in [-0.2, 0) is 16.1 Å². The number of para-hydroxylation sites is 1. The Kier molecular flexibility index (Phi) is 6.19. The number of urea groups is 1. The first kappa shape index (κ1) is 18.2. The molecule has 7 heteroatoms. The van der Waals surface area contributed by atoms with Gasteiger partial charge in [0.05, 0.1) is 6.42 Å². The van der Waals surface area contributed by atoms with Crippen LogP contribution in [0, 0.1) is 0 Å². The van der Waals surface area contributed by atoms with E-state index in [0.29, 0.717) is 17.1 Å². The Balaban J connectivity index is 1.36. The minimum atomic E-state index is -0.431. The smallest absolute Gasteiger partial charge is 0.319 e. The Labute approximate surface area is 156 Å². The van der Waals surface area contributed by atoms with Crippen molar-refractivity contribution >= 4 is 17.7 Å². The number of nitrogens with zero attached hydrogens (tertiary/aromatic N) is 1. The Bertz CT molecular complexity index is 879. The first-order chi connectivity index (χ1) is 13.2.